The minimum Gasteiger partial charge on any atom is -0.392 e. The molecule has 0 aliphatic heterocycles. The van der Waals surface area contributed by atoms with Crippen molar-refractivity contribution in [1.29, 1.82) is 0 Å². The molecule has 1 nitrogen and oxygen atoms in total. The van der Waals surface area contributed by atoms with E-state index in [0.717, 1.165) is 6.42 Å². The van der Waals surface area contributed by atoms with Crippen LogP contribution in [0.1, 0.15) is 35.6 Å². The zero-order valence-corrected chi connectivity index (χ0v) is 8.10. The second-order valence-corrected chi connectivity index (χ2v) is 4.66. The minimum absolute atomic E-state index is 0.0849. The number of hydrogen-bond donors (Lipinski definition) is 1. The highest BCUT2D eigenvalue weighted by molar-refractivity contribution is 7.10. The first kappa shape index (κ1) is 8.27. The molecule has 1 aromatic heterocycles. The van der Waals surface area contributed by atoms with Gasteiger partial charge in [0.05, 0.1) is 6.10 Å². The lowest BCUT2D eigenvalue weighted by molar-refractivity contribution is 0.164. The summed E-state index contributed by atoms with van der Waals surface area (Å²) in [5, 5.41) is 11.8. The van der Waals surface area contributed by atoms with Crippen molar-refractivity contribution in [2.75, 3.05) is 0 Å². The predicted octanol–water partition coefficient (Wildman–Crippen LogP) is 2.68. The Labute approximate surface area is 77.0 Å². The van der Waals surface area contributed by atoms with Gasteiger partial charge in [-0.25, -0.2) is 0 Å². The van der Waals surface area contributed by atoms with E-state index in [1.54, 1.807) is 11.3 Å². The molecule has 2 heteroatoms. The lowest BCUT2D eigenvalue weighted by Crippen LogP contribution is -2.10. The maximum atomic E-state index is 9.69. The van der Waals surface area contributed by atoms with Crippen molar-refractivity contribution in [1.82, 2.24) is 0 Å². The van der Waals surface area contributed by atoms with E-state index in [1.165, 1.54) is 23.3 Å². The summed E-state index contributed by atoms with van der Waals surface area (Å²) >= 11 is 1.78. The highest BCUT2D eigenvalue weighted by atomic mass is 32.1. The van der Waals surface area contributed by atoms with Gasteiger partial charge < -0.3 is 5.11 Å². The van der Waals surface area contributed by atoms with Crippen molar-refractivity contribution in [2.24, 2.45) is 0 Å². The van der Waals surface area contributed by atoms with E-state index in [0.29, 0.717) is 5.92 Å². The molecule has 1 saturated carbocycles. The van der Waals surface area contributed by atoms with E-state index >= 15 is 0 Å². The standard InChI is InChI=1S/C10H14OS/c1-7-8(5-6-12-7)9-3-2-4-10(9)11/h5-6,9-11H,2-4H2,1H3. The quantitative estimate of drug-likeness (QED) is 0.708. The summed E-state index contributed by atoms with van der Waals surface area (Å²) in [6.07, 6.45) is 3.25. The van der Waals surface area contributed by atoms with Crippen molar-refractivity contribution in [3.63, 3.8) is 0 Å². The summed E-state index contributed by atoms with van der Waals surface area (Å²) < 4.78 is 0. The van der Waals surface area contributed by atoms with E-state index in [2.05, 4.69) is 18.4 Å². The van der Waals surface area contributed by atoms with Gasteiger partial charge in [0.2, 0.25) is 0 Å². The molecule has 0 radical (unpaired) electrons. The number of aliphatic hydroxyl groups is 1. The Morgan fingerprint density at radius 1 is 1.50 bits per heavy atom. The van der Waals surface area contributed by atoms with Gasteiger partial charge in [-0.05, 0) is 36.8 Å². The summed E-state index contributed by atoms with van der Waals surface area (Å²) in [5.74, 6) is 0.427. The molecule has 2 atom stereocenters. The van der Waals surface area contributed by atoms with Crippen LogP contribution in [0.4, 0.5) is 0 Å². The van der Waals surface area contributed by atoms with Crippen LogP contribution in [-0.4, -0.2) is 11.2 Å². The Balaban J connectivity index is 2.24. The topological polar surface area (TPSA) is 20.2 Å². The SMILES string of the molecule is Cc1sccc1C1CCCC1O. The van der Waals surface area contributed by atoms with Gasteiger partial charge in [-0.15, -0.1) is 11.3 Å². The van der Waals surface area contributed by atoms with Crippen LogP contribution < -0.4 is 0 Å². The molecule has 1 aliphatic rings. The molecule has 1 aromatic rings. The van der Waals surface area contributed by atoms with Crippen LogP contribution in [0.15, 0.2) is 11.4 Å². The fraction of sp³-hybridized carbons (Fsp3) is 0.600. The summed E-state index contributed by atoms with van der Waals surface area (Å²) in [4.78, 5) is 1.38. The van der Waals surface area contributed by atoms with Crippen molar-refractivity contribution in [3.05, 3.63) is 21.9 Å². The first-order valence-corrected chi connectivity index (χ1v) is 5.39. The summed E-state index contributed by atoms with van der Waals surface area (Å²) in [5.41, 5.74) is 1.38. The molecule has 0 saturated heterocycles. The molecule has 12 heavy (non-hydrogen) atoms. The Bertz CT molecular complexity index is 267. The van der Waals surface area contributed by atoms with Gasteiger partial charge in [-0.3, -0.25) is 0 Å². The van der Waals surface area contributed by atoms with Gasteiger partial charge in [0.1, 0.15) is 0 Å². The van der Waals surface area contributed by atoms with Crippen LogP contribution in [0.3, 0.4) is 0 Å². The van der Waals surface area contributed by atoms with Crippen molar-refractivity contribution in [3.8, 4) is 0 Å². The van der Waals surface area contributed by atoms with E-state index in [4.69, 9.17) is 0 Å². The van der Waals surface area contributed by atoms with Gasteiger partial charge in [-0.2, -0.15) is 0 Å². The van der Waals surface area contributed by atoms with Crippen LogP contribution >= 0.6 is 11.3 Å². The largest absolute Gasteiger partial charge is 0.392 e. The summed E-state index contributed by atoms with van der Waals surface area (Å²) in [6.45, 7) is 2.14. The molecule has 0 spiro atoms. The average molecular weight is 182 g/mol. The van der Waals surface area contributed by atoms with E-state index < -0.39 is 0 Å². The molecule has 2 unspecified atom stereocenters. The third-order valence-electron chi connectivity index (χ3n) is 2.78. The van der Waals surface area contributed by atoms with Gasteiger partial charge in [-0.1, -0.05) is 6.42 Å². The van der Waals surface area contributed by atoms with Crippen molar-refractivity contribution in [2.45, 2.75) is 38.2 Å². The van der Waals surface area contributed by atoms with E-state index in [1.807, 2.05) is 0 Å². The number of thiophene rings is 1. The highest BCUT2D eigenvalue weighted by Crippen LogP contribution is 2.37. The third-order valence-corrected chi connectivity index (χ3v) is 3.64. The second kappa shape index (κ2) is 3.19. The zero-order valence-electron chi connectivity index (χ0n) is 7.29. The first-order chi connectivity index (χ1) is 5.79. The van der Waals surface area contributed by atoms with Gasteiger partial charge in [0.15, 0.2) is 0 Å². The Kier molecular flexibility index (Phi) is 2.20. The number of aliphatic hydroxyl groups excluding tert-OH is 1. The summed E-state index contributed by atoms with van der Waals surface area (Å²) in [7, 11) is 0. The molecule has 1 fully saturated rings. The Morgan fingerprint density at radius 2 is 2.33 bits per heavy atom. The fourth-order valence-corrected chi connectivity index (χ4v) is 2.86. The van der Waals surface area contributed by atoms with Crippen molar-refractivity contribution >= 4 is 11.3 Å². The molecule has 2 rings (SSSR count). The smallest absolute Gasteiger partial charge is 0.0609 e. The molecule has 66 valence electrons. The minimum atomic E-state index is -0.0849. The van der Waals surface area contributed by atoms with E-state index in [9.17, 15) is 5.11 Å². The Hall–Kier alpha value is -0.340. The lowest BCUT2D eigenvalue weighted by atomic mass is 9.97. The van der Waals surface area contributed by atoms with Gasteiger partial charge in [0.25, 0.3) is 0 Å². The number of hydrogen-bond acceptors (Lipinski definition) is 2. The van der Waals surface area contributed by atoms with Gasteiger partial charge >= 0.3 is 0 Å². The first-order valence-electron chi connectivity index (χ1n) is 4.51. The van der Waals surface area contributed by atoms with Crippen LogP contribution in [0.2, 0.25) is 0 Å². The third kappa shape index (κ3) is 1.29. The molecule has 1 N–H and O–H groups in total. The molecular formula is C10H14OS. The molecular weight excluding hydrogens is 168 g/mol. The normalized spacial score (nSPS) is 29.5. The predicted molar refractivity (Wildman–Crippen MR) is 51.7 cm³/mol. The maximum Gasteiger partial charge on any atom is 0.0609 e. The van der Waals surface area contributed by atoms with Gasteiger partial charge in [0, 0.05) is 10.8 Å². The van der Waals surface area contributed by atoms with Crippen LogP contribution in [0.25, 0.3) is 0 Å². The zero-order chi connectivity index (χ0) is 8.55. The average Bonchev–Trinajstić information content (AvgIpc) is 2.59. The highest BCUT2D eigenvalue weighted by Gasteiger charge is 2.27. The molecule has 0 amide bonds. The molecule has 1 aliphatic carbocycles. The van der Waals surface area contributed by atoms with Crippen LogP contribution in [-0.2, 0) is 0 Å². The summed E-state index contributed by atoms with van der Waals surface area (Å²) in [6, 6.07) is 2.17. The number of rotatable bonds is 1. The van der Waals surface area contributed by atoms with E-state index in [-0.39, 0.29) is 6.10 Å². The monoisotopic (exact) mass is 182 g/mol. The van der Waals surface area contributed by atoms with Crippen LogP contribution in [0, 0.1) is 6.92 Å². The maximum absolute atomic E-state index is 9.69. The van der Waals surface area contributed by atoms with Crippen molar-refractivity contribution < 1.29 is 5.11 Å². The Morgan fingerprint density at radius 3 is 2.83 bits per heavy atom. The fourth-order valence-electron chi connectivity index (χ4n) is 2.08. The molecule has 0 bridgehead atoms. The molecule has 0 aromatic carbocycles. The van der Waals surface area contributed by atoms with Crippen LogP contribution in [0.5, 0.6) is 0 Å². The lowest BCUT2D eigenvalue weighted by Gasteiger charge is -2.13. The number of aryl methyl sites for hydroxylation is 1. The second-order valence-electron chi connectivity index (χ2n) is 3.54. The molecule has 1 heterocycles.